The molecule has 0 atom stereocenters. The molecule has 2 aromatic rings. The lowest BCUT2D eigenvalue weighted by molar-refractivity contribution is 1.13. The third-order valence-corrected chi connectivity index (χ3v) is 4.30. The van der Waals surface area contributed by atoms with Gasteiger partial charge in [-0.3, -0.25) is 0 Å². The van der Waals surface area contributed by atoms with Gasteiger partial charge in [-0.1, -0.05) is 29.8 Å². The molecule has 1 nitrogen and oxygen atoms in total. The molecule has 0 aliphatic carbocycles. The monoisotopic (exact) mass is 323 g/mol. The van der Waals surface area contributed by atoms with Gasteiger partial charge in [-0.2, -0.15) is 0 Å². The Hall–Kier alpha value is -0.990. The van der Waals surface area contributed by atoms with Gasteiger partial charge >= 0.3 is 0 Å². The van der Waals surface area contributed by atoms with Gasteiger partial charge in [-0.05, 0) is 64.7 Å². The van der Waals surface area contributed by atoms with E-state index in [0.717, 1.165) is 16.0 Å². The lowest BCUT2D eigenvalue weighted by atomic mass is 10.1. The van der Waals surface area contributed by atoms with Crippen molar-refractivity contribution >= 4 is 33.2 Å². The molecule has 0 fully saturated rings. The van der Waals surface area contributed by atoms with Gasteiger partial charge < -0.3 is 5.32 Å². The largest absolute Gasteiger partial charge is 0.381 e. The average molecular weight is 325 g/mol. The third kappa shape index (κ3) is 3.06. The predicted molar refractivity (Wildman–Crippen MR) is 82.4 cm³/mol. The van der Waals surface area contributed by atoms with Crippen molar-refractivity contribution in [2.45, 2.75) is 20.4 Å². The number of benzene rings is 2. The van der Waals surface area contributed by atoms with Gasteiger partial charge in [0.15, 0.2) is 0 Å². The quantitative estimate of drug-likeness (QED) is 0.804. The maximum atomic E-state index is 6.08. The molecule has 0 radical (unpaired) electrons. The predicted octanol–water partition coefficient (Wildman–Crippen LogP) is 5.33. The average Bonchev–Trinajstić information content (AvgIpc) is 2.35. The van der Waals surface area contributed by atoms with Crippen LogP contribution in [0.5, 0.6) is 0 Å². The van der Waals surface area contributed by atoms with Gasteiger partial charge in [-0.25, -0.2) is 0 Å². The number of halogens is 2. The topological polar surface area (TPSA) is 12.0 Å². The Labute approximate surface area is 121 Å². The van der Waals surface area contributed by atoms with Crippen molar-refractivity contribution in [3.05, 3.63) is 62.6 Å². The van der Waals surface area contributed by atoms with Gasteiger partial charge in [0.2, 0.25) is 0 Å². The number of rotatable bonds is 3. The summed E-state index contributed by atoms with van der Waals surface area (Å²) in [5.74, 6) is 0. The molecular formula is C15H15BrClN. The summed E-state index contributed by atoms with van der Waals surface area (Å²) in [7, 11) is 0. The van der Waals surface area contributed by atoms with Gasteiger partial charge in [0.1, 0.15) is 0 Å². The van der Waals surface area contributed by atoms with Gasteiger partial charge in [0.05, 0.1) is 5.02 Å². The highest BCUT2D eigenvalue weighted by molar-refractivity contribution is 9.10. The normalized spacial score (nSPS) is 10.4. The smallest absolute Gasteiger partial charge is 0.0551 e. The fourth-order valence-electron chi connectivity index (χ4n) is 1.79. The first-order valence-corrected chi connectivity index (χ1v) is 6.99. The van der Waals surface area contributed by atoms with E-state index in [-0.39, 0.29) is 0 Å². The molecule has 2 rings (SSSR count). The molecule has 94 valence electrons. The van der Waals surface area contributed by atoms with E-state index in [2.05, 4.69) is 59.4 Å². The lowest BCUT2D eigenvalue weighted by Crippen LogP contribution is -2.01. The number of nitrogens with one attached hydrogen (secondary N) is 1. The molecule has 0 heterocycles. The standard InChI is InChI=1S/C15H15BrClN/c1-10-4-3-5-15(11(10)2)18-9-12-6-7-13(16)14(17)8-12/h3-8,18H,9H2,1-2H3. The summed E-state index contributed by atoms with van der Waals surface area (Å²) in [5.41, 5.74) is 4.94. The van der Waals surface area contributed by atoms with Crippen molar-refractivity contribution in [1.29, 1.82) is 0 Å². The van der Waals surface area contributed by atoms with Crippen molar-refractivity contribution < 1.29 is 0 Å². The Morgan fingerprint density at radius 1 is 1.17 bits per heavy atom. The molecule has 0 amide bonds. The van der Waals surface area contributed by atoms with Crippen LogP contribution in [0.4, 0.5) is 5.69 Å². The van der Waals surface area contributed by atoms with Crippen LogP contribution >= 0.6 is 27.5 Å². The van der Waals surface area contributed by atoms with E-state index in [4.69, 9.17) is 11.6 Å². The first-order valence-electron chi connectivity index (χ1n) is 5.82. The highest BCUT2D eigenvalue weighted by Crippen LogP contribution is 2.24. The molecule has 18 heavy (non-hydrogen) atoms. The highest BCUT2D eigenvalue weighted by atomic mass is 79.9. The molecule has 0 aromatic heterocycles. The molecule has 2 aromatic carbocycles. The van der Waals surface area contributed by atoms with Crippen LogP contribution in [0.2, 0.25) is 5.02 Å². The van der Waals surface area contributed by atoms with Crippen molar-refractivity contribution in [2.75, 3.05) is 5.32 Å². The molecule has 0 bridgehead atoms. The highest BCUT2D eigenvalue weighted by Gasteiger charge is 2.02. The zero-order chi connectivity index (χ0) is 13.1. The zero-order valence-corrected chi connectivity index (χ0v) is 12.8. The summed E-state index contributed by atoms with van der Waals surface area (Å²) >= 11 is 9.47. The maximum absolute atomic E-state index is 6.08. The van der Waals surface area contributed by atoms with Crippen molar-refractivity contribution in [1.82, 2.24) is 0 Å². The maximum Gasteiger partial charge on any atom is 0.0551 e. The minimum Gasteiger partial charge on any atom is -0.381 e. The van der Waals surface area contributed by atoms with Gasteiger partial charge in [-0.15, -0.1) is 0 Å². The Kier molecular flexibility index (Phi) is 4.31. The second-order valence-corrected chi connectivity index (χ2v) is 5.61. The first kappa shape index (κ1) is 13.4. The van der Waals surface area contributed by atoms with E-state index in [0.29, 0.717) is 0 Å². The minimum atomic E-state index is 0.746. The fourth-order valence-corrected chi connectivity index (χ4v) is 2.24. The lowest BCUT2D eigenvalue weighted by Gasteiger charge is -2.11. The van der Waals surface area contributed by atoms with Crippen molar-refractivity contribution in [3.8, 4) is 0 Å². The van der Waals surface area contributed by atoms with E-state index < -0.39 is 0 Å². The van der Waals surface area contributed by atoms with Crippen LogP contribution in [0.1, 0.15) is 16.7 Å². The second-order valence-electron chi connectivity index (χ2n) is 4.35. The molecule has 0 saturated carbocycles. The van der Waals surface area contributed by atoms with E-state index in [1.54, 1.807) is 0 Å². The van der Waals surface area contributed by atoms with Crippen molar-refractivity contribution in [3.63, 3.8) is 0 Å². The van der Waals surface area contributed by atoms with E-state index >= 15 is 0 Å². The summed E-state index contributed by atoms with van der Waals surface area (Å²) in [6.07, 6.45) is 0. The first-order chi connectivity index (χ1) is 8.58. The van der Waals surface area contributed by atoms with E-state index in [1.165, 1.54) is 22.4 Å². The molecule has 0 aliphatic rings. The summed E-state index contributed by atoms with van der Waals surface area (Å²) in [6.45, 7) is 5.03. The summed E-state index contributed by atoms with van der Waals surface area (Å²) in [6, 6.07) is 12.3. The molecule has 0 saturated heterocycles. The Bertz CT molecular complexity index is 566. The molecule has 0 spiro atoms. The summed E-state index contributed by atoms with van der Waals surface area (Å²) in [4.78, 5) is 0. The van der Waals surface area contributed by atoms with E-state index in [1.807, 2.05) is 12.1 Å². The van der Waals surface area contributed by atoms with Crippen LogP contribution in [-0.4, -0.2) is 0 Å². The van der Waals surface area contributed by atoms with Crippen LogP contribution in [0.3, 0.4) is 0 Å². The minimum absolute atomic E-state index is 0.746. The second kappa shape index (κ2) is 5.77. The van der Waals surface area contributed by atoms with Crippen LogP contribution in [0, 0.1) is 13.8 Å². The van der Waals surface area contributed by atoms with E-state index in [9.17, 15) is 0 Å². The molecule has 1 N–H and O–H groups in total. The summed E-state index contributed by atoms with van der Waals surface area (Å²) < 4.78 is 0.930. The fraction of sp³-hybridized carbons (Fsp3) is 0.200. The molecular weight excluding hydrogens is 310 g/mol. The van der Waals surface area contributed by atoms with Crippen molar-refractivity contribution in [2.24, 2.45) is 0 Å². The van der Waals surface area contributed by atoms with Gasteiger partial charge in [0, 0.05) is 16.7 Å². The number of hydrogen-bond acceptors (Lipinski definition) is 1. The van der Waals surface area contributed by atoms with Crippen LogP contribution in [0.15, 0.2) is 40.9 Å². The number of anilines is 1. The Balaban J connectivity index is 2.11. The number of aryl methyl sites for hydroxylation is 1. The number of hydrogen-bond donors (Lipinski definition) is 1. The molecule has 0 unspecified atom stereocenters. The van der Waals surface area contributed by atoms with Gasteiger partial charge in [0.25, 0.3) is 0 Å². The Morgan fingerprint density at radius 3 is 2.67 bits per heavy atom. The molecule has 0 aliphatic heterocycles. The third-order valence-electron chi connectivity index (χ3n) is 3.07. The van der Waals surface area contributed by atoms with Crippen LogP contribution < -0.4 is 5.32 Å². The SMILES string of the molecule is Cc1cccc(NCc2ccc(Br)c(Cl)c2)c1C. The zero-order valence-electron chi connectivity index (χ0n) is 10.4. The van der Waals surface area contributed by atoms with Crippen LogP contribution in [-0.2, 0) is 6.54 Å². The summed E-state index contributed by atoms with van der Waals surface area (Å²) in [5, 5.41) is 4.19. The Morgan fingerprint density at radius 2 is 1.94 bits per heavy atom. The molecule has 3 heteroatoms. The van der Waals surface area contributed by atoms with Crippen LogP contribution in [0.25, 0.3) is 0 Å².